The Bertz CT molecular complexity index is 1200. The molecule has 7 nitrogen and oxygen atoms in total. The number of hydrogen-bond donors (Lipinski definition) is 1. The first-order valence-corrected chi connectivity index (χ1v) is 11.6. The molecule has 1 fully saturated rings. The Morgan fingerprint density at radius 3 is 2.91 bits per heavy atom. The number of ether oxygens (including phenoxy) is 1. The predicted molar refractivity (Wildman–Crippen MR) is 121 cm³/mol. The Kier molecular flexibility index (Phi) is 6.93. The van der Waals surface area contributed by atoms with Crippen LogP contribution in [0.2, 0.25) is 5.02 Å². The van der Waals surface area contributed by atoms with Crippen LogP contribution in [-0.2, 0) is 9.53 Å². The number of carbonyl (C=O) groups is 1. The topological polar surface area (TPSA) is 71.2 Å². The lowest BCUT2D eigenvalue weighted by atomic mass is 10.0. The van der Waals surface area contributed by atoms with Gasteiger partial charge in [-0.15, -0.1) is 11.3 Å². The summed E-state index contributed by atoms with van der Waals surface area (Å²) in [5, 5.41) is 5.37. The summed E-state index contributed by atoms with van der Waals surface area (Å²) in [6.07, 6.45) is 0.906. The fourth-order valence-electron chi connectivity index (χ4n) is 3.96. The molecule has 1 aromatic heterocycles. The normalized spacial score (nSPS) is 22.2. The molecule has 1 aromatic carbocycles. The van der Waals surface area contributed by atoms with E-state index in [1.54, 1.807) is 18.5 Å². The Morgan fingerprint density at radius 1 is 1.47 bits per heavy atom. The summed E-state index contributed by atoms with van der Waals surface area (Å²) in [6, 6.07) is 1.69. The number of aliphatic imine (C=N–C) groups is 1. The van der Waals surface area contributed by atoms with Crippen LogP contribution in [-0.4, -0.2) is 53.3 Å². The third-order valence-corrected chi connectivity index (χ3v) is 6.50. The summed E-state index contributed by atoms with van der Waals surface area (Å²) in [7, 11) is 0. The van der Waals surface area contributed by atoms with E-state index in [9.17, 15) is 18.0 Å². The minimum Gasteiger partial charge on any atom is -0.465 e. The first-order valence-electron chi connectivity index (χ1n) is 10.3. The van der Waals surface area contributed by atoms with Crippen LogP contribution in [0.1, 0.15) is 30.0 Å². The number of halogens is 4. The van der Waals surface area contributed by atoms with E-state index < -0.39 is 42.8 Å². The van der Waals surface area contributed by atoms with Gasteiger partial charge in [0, 0.05) is 35.3 Å². The molecule has 2 aliphatic rings. The SMILES string of the molecule is [C-]#[N+]C1=C(CN2CC(F)(F)C[C@H]2C(=O)OCC)NC(c2nccs2)=NC1c1ccc(F)cc1Cl. The van der Waals surface area contributed by atoms with Crippen LogP contribution in [0.4, 0.5) is 13.2 Å². The van der Waals surface area contributed by atoms with Crippen molar-refractivity contribution < 1.29 is 22.7 Å². The van der Waals surface area contributed by atoms with E-state index in [0.717, 1.165) is 6.07 Å². The summed E-state index contributed by atoms with van der Waals surface area (Å²) in [5.74, 6) is -4.05. The van der Waals surface area contributed by atoms with Crippen LogP contribution in [0.15, 0.2) is 46.2 Å². The van der Waals surface area contributed by atoms with Crippen LogP contribution in [0.25, 0.3) is 4.85 Å². The van der Waals surface area contributed by atoms with Crippen molar-refractivity contribution in [1.82, 2.24) is 15.2 Å². The van der Waals surface area contributed by atoms with Gasteiger partial charge in [0.15, 0.2) is 10.8 Å². The number of thiazole rings is 1. The van der Waals surface area contributed by atoms with E-state index >= 15 is 0 Å². The minimum atomic E-state index is -3.09. The third-order valence-electron chi connectivity index (χ3n) is 5.40. The molecule has 2 atom stereocenters. The molecule has 2 aromatic rings. The highest BCUT2D eigenvalue weighted by molar-refractivity contribution is 7.11. The first kappa shape index (κ1) is 24.2. The molecule has 4 rings (SSSR count). The molecule has 12 heteroatoms. The maximum Gasteiger partial charge on any atom is 0.323 e. The summed E-state index contributed by atoms with van der Waals surface area (Å²) in [5.41, 5.74) is 0.773. The van der Waals surface area contributed by atoms with Crippen LogP contribution in [0.5, 0.6) is 0 Å². The number of benzene rings is 1. The second kappa shape index (κ2) is 9.74. The van der Waals surface area contributed by atoms with Gasteiger partial charge in [0.05, 0.1) is 19.7 Å². The van der Waals surface area contributed by atoms with Crippen molar-refractivity contribution in [3.05, 3.63) is 74.0 Å². The highest BCUT2D eigenvalue weighted by Crippen LogP contribution is 2.38. The number of nitrogens with zero attached hydrogens (tertiary/aromatic N) is 4. The van der Waals surface area contributed by atoms with Gasteiger partial charge >= 0.3 is 5.97 Å². The van der Waals surface area contributed by atoms with Crippen LogP contribution in [0, 0.1) is 12.4 Å². The largest absolute Gasteiger partial charge is 0.465 e. The molecule has 34 heavy (non-hydrogen) atoms. The second-order valence-electron chi connectivity index (χ2n) is 7.72. The zero-order valence-electron chi connectivity index (χ0n) is 17.9. The number of likely N-dealkylation sites (tertiary alicyclic amines) is 1. The summed E-state index contributed by atoms with van der Waals surface area (Å²) in [6.45, 7) is 8.63. The van der Waals surface area contributed by atoms with Crippen molar-refractivity contribution in [2.45, 2.75) is 31.4 Å². The van der Waals surface area contributed by atoms with E-state index in [1.807, 2.05) is 0 Å². The van der Waals surface area contributed by atoms with Gasteiger partial charge in [0.2, 0.25) is 5.70 Å². The van der Waals surface area contributed by atoms with Crippen LogP contribution in [0.3, 0.4) is 0 Å². The van der Waals surface area contributed by atoms with Crippen molar-refractivity contribution in [2.24, 2.45) is 4.99 Å². The number of aromatic nitrogens is 1. The van der Waals surface area contributed by atoms with Gasteiger partial charge in [-0.05, 0) is 24.6 Å². The van der Waals surface area contributed by atoms with Crippen molar-refractivity contribution in [1.29, 1.82) is 0 Å². The van der Waals surface area contributed by atoms with E-state index in [-0.39, 0.29) is 29.6 Å². The average Bonchev–Trinajstić information content (AvgIpc) is 3.41. The zero-order chi connectivity index (χ0) is 24.5. The smallest absolute Gasteiger partial charge is 0.323 e. The molecule has 0 spiro atoms. The molecule has 1 N–H and O–H groups in total. The molecule has 1 saturated heterocycles. The van der Waals surface area contributed by atoms with Crippen molar-refractivity contribution >= 4 is 34.7 Å². The standard InChI is InChI=1S/C22H19ClF3N5O2S/c1-3-33-21(32)16-9-22(25,26)11-31(16)10-15-18(27-2)17(13-5-4-12(24)8-14(13)23)30-19(29-15)20-28-6-7-34-20/h4-8,16-17H,3,9-11H2,1H3,(H,29,30)/t16-,17?/m0/s1. The van der Waals surface area contributed by atoms with Gasteiger partial charge in [-0.2, -0.15) is 0 Å². The van der Waals surface area contributed by atoms with Crippen LogP contribution < -0.4 is 5.32 Å². The Morgan fingerprint density at radius 2 is 2.26 bits per heavy atom. The Balaban J connectivity index is 1.75. The van der Waals surface area contributed by atoms with Crippen molar-refractivity contribution in [2.75, 3.05) is 19.7 Å². The molecule has 1 unspecified atom stereocenters. The molecular weight excluding hydrogens is 491 g/mol. The lowest BCUT2D eigenvalue weighted by Gasteiger charge is -2.29. The lowest BCUT2D eigenvalue weighted by molar-refractivity contribution is -0.148. The highest BCUT2D eigenvalue weighted by Gasteiger charge is 2.49. The molecule has 0 amide bonds. The van der Waals surface area contributed by atoms with E-state index in [1.165, 1.54) is 28.4 Å². The monoisotopic (exact) mass is 509 g/mol. The molecule has 3 heterocycles. The highest BCUT2D eigenvalue weighted by atomic mass is 35.5. The summed E-state index contributed by atoms with van der Waals surface area (Å²) < 4.78 is 47.2. The number of esters is 1. The molecule has 0 radical (unpaired) electrons. The van der Waals surface area contributed by atoms with Crippen molar-refractivity contribution in [3.8, 4) is 0 Å². The molecule has 0 aliphatic carbocycles. The maximum absolute atomic E-state index is 14.3. The Hall–Kier alpha value is -2.94. The number of nitrogens with one attached hydrogen (secondary N) is 1. The molecule has 178 valence electrons. The molecular formula is C22H19ClF3N5O2S. The minimum absolute atomic E-state index is 0.0645. The van der Waals surface area contributed by atoms with Gasteiger partial charge in [-0.3, -0.25) is 14.7 Å². The number of rotatable bonds is 6. The van der Waals surface area contributed by atoms with E-state index in [2.05, 4.69) is 20.1 Å². The second-order valence-corrected chi connectivity index (χ2v) is 9.02. The number of alkyl halides is 2. The maximum atomic E-state index is 14.3. The number of amidine groups is 1. The quantitative estimate of drug-likeness (QED) is 0.461. The fourth-order valence-corrected chi connectivity index (χ4v) is 4.81. The van der Waals surface area contributed by atoms with Gasteiger partial charge < -0.3 is 10.1 Å². The van der Waals surface area contributed by atoms with Gasteiger partial charge in [0.1, 0.15) is 17.9 Å². The third kappa shape index (κ3) is 4.94. The van der Waals surface area contributed by atoms with Crippen LogP contribution >= 0.6 is 22.9 Å². The summed E-state index contributed by atoms with van der Waals surface area (Å²) in [4.78, 5) is 26.1. The average molecular weight is 510 g/mol. The van der Waals surface area contributed by atoms with Gasteiger partial charge in [-0.25, -0.2) is 23.0 Å². The number of hydrogen-bond acceptors (Lipinski definition) is 7. The van der Waals surface area contributed by atoms with E-state index in [0.29, 0.717) is 16.4 Å². The summed E-state index contributed by atoms with van der Waals surface area (Å²) >= 11 is 7.57. The number of carbonyl (C=O) groups excluding carboxylic acids is 1. The molecule has 2 aliphatic heterocycles. The van der Waals surface area contributed by atoms with Crippen molar-refractivity contribution in [3.63, 3.8) is 0 Å². The van der Waals surface area contributed by atoms with Gasteiger partial charge in [-0.1, -0.05) is 17.7 Å². The fraction of sp³-hybridized carbons (Fsp3) is 0.364. The lowest BCUT2D eigenvalue weighted by Crippen LogP contribution is -2.43. The predicted octanol–water partition coefficient (Wildman–Crippen LogP) is 4.43. The van der Waals surface area contributed by atoms with Gasteiger partial charge in [0.25, 0.3) is 5.92 Å². The molecule has 0 bridgehead atoms. The zero-order valence-corrected chi connectivity index (χ0v) is 19.5. The molecule has 0 saturated carbocycles. The van der Waals surface area contributed by atoms with E-state index in [4.69, 9.17) is 22.9 Å². The first-order chi connectivity index (χ1) is 16.2. The Labute approximate surface area is 202 Å².